The molecule has 0 spiro atoms. The normalized spacial score (nSPS) is 22.0. The fourth-order valence-electron chi connectivity index (χ4n) is 6.54. The van der Waals surface area contributed by atoms with E-state index >= 15 is 4.39 Å². The number of carbonyl (C=O) groups is 1. The van der Waals surface area contributed by atoms with Crippen molar-refractivity contribution in [2.24, 2.45) is 0 Å². The second-order valence-corrected chi connectivity index (χ2v) is 12.1. The standard InChI is InChI=1S/C31H35ClF2N6O2/c1-4-25(42)40-17(2)15-39(16-18(40)3)30-21-14-22(32)26(27-23(33)6-5-7-24(27)41)28(34)29(21)36-31(37-30)35-19-10-12-38(13-11-19)20-8-9-20/h4-7,14,17-20,41H,1,8-13,15-16H2,2-3H3,(H,35,36,37)/t17-,18+. The van der Waals surface area contributed by atoms with Gasteiger partial charge in [0.05, 0.1) is 10.6 Å². The number of hydrogen-bond donors (Lipinski definition) is 2. The molecule has 11 heteroatoms. The van der Waals surface area contributed by atoms with E-state index < -0.39 is 17.4 Å². The zero-order valence-electron chi connectivity index (χ0n) is 23.8. The Hall–Kier alpha value is -3.50. The van der Waals surface area contributed by atoms with Crippen LogP contribution < -0.4 is 10.2 Å². The molecule has 2 atom stereocenters. The highest BCUT2D eigenvalue weighted by molar-refractivity contribution is 6.34. The minimum absolute atomic E-state index is 0.0233. The maximum atomic E-state index is 16.4. The number of piperazine rings is 1. The summed E-state index contributed by atoms with van der Waals surface area (Å²) in [6.45, 7) is 10.4. The molecule has 2 aromatic carbocycles. The predicted molar refractivity (Wildman–Crippen MR) is 161 cm³/mol. The molecule has 42 heavy (non-hydrogen) atoms. The lowest BCUT2D eigenvalue weighted by Gasteiger charge is -2.44. The zero-order valence-corrected chi connectivity index (χ0v) is 24.5. The van der Waals surface area contributed by atoms with Crippen molar-refractivity contribution in [1.82, 2.24) is 19.8 Å². The molecule has 3 fully saturated rings. The molecule has 2 saturated heterocycles. The van der Waals surface area contributed by atoms with E-state index in [1.807, 2.05) is 18.7 Å². The number of nitrogens with one attached hydrogen (secondary N) is 1. The Labute approximate surface area is 249 Å². The second-order valence-electron chi connectivity index (χ2n) is 11.7. The third-order valence-electron chi connectivity index (χ3n) is 8.68. The quantitative estimate of drug-likeness (QED) is 0.359. The van der Waals surface area contributed by atoms with Gasteiger partial charge in [0.1, 0.15) is 22.9 Å². The molecule has 1 amide bonds. The number of anilines is 2. The van der Waals surface area contributed by atoms with Crippen molar-refractivity contribution in [3.05, 3.63) is 53.6 Å². The van der Waals surface area contributed by atoms with Crippen molar-refractivity contribution in [2.45, 2.75) is 63.7 Å². The number of amides is 1. The second kappa shape index (κ2) is 11.3. The Morgan fingerprint density at radius 2 is 1.79 bits per heavy atom. The molecule has 6 rings (SSSR count). The van der Waals surface area contributed by atoms with E-state index in [9.17, 15) is 14.3 Å². The number of rotatable bonds is 6. The summed E-state index contributed by atoms with van der Waals surface area (Å²) in [4.78, 5) is 28.3. The van der Waals surface area contributed by atoms with Gasteiger partial charge in [0.2, 0.25) is 11.9 Å². The molecule has 1 saturated carbocycles. The van der Waals surface area contributed by atoms with E-state index in [2.05, 4.69) is 21.8 Å². The first-order chi connectivity index (χ1) is 20.2. The lowest BCUT2D eigenvalue weighted by Crippen LogP contribution is -2.58. The Morgan fingerprint density at radius 3 is 2.40 bits per heavy atom. The number of nitrogens with zero attached hydrogens (tertiary/aromatic N) is 5. The molecule has 222 valence electrons. The molecule has 8 nitrogen and oxygen atoms in total. The van der Waals surface area contributed by atoms with Crippen LogP contribution in [0.4, 0.5) is 20.5 Å². The summed E-state index contributed by atoms with van der Waals surface area (Å²) in [6.07, 6.45) is 5.68. The summed E-state index contributed by atoms with van der Waals surface area (Å²) in [6, 6.07) is 5.81. The van der Waals surface area contributed by atoms with Gasteiger partial charge in [0.25, 0.3) is 0 Å². The lowest BCUT2D eigenvalue weighted by molar-refractivity contribution is -0.130. The molecule has 1 aromatic heterocycles. The fraction of sp³-hybridized carbons (Fsp3) is 0.452. The van der Waals surface area contributed by atoms with Crippen LogP contribution >= 0.6 is 11.6 Å². The summed E-state index contributed by atoms with van der Waals surface area (Å²) in [5, 5.41) is 14.2. The van der Waals surface area contributed by atoms with Gasteiger partial charge in [0.15, 0.2) is 5.82 Å². The first kappa shape index (κ1) is 28.6. The molecule has 3 aliphatic rings. The molecule has 0 radical (unpaired) electrons. The summed E-state index contributed by atoms with van der Waals surface area (Å²) in [5.41, 5.74) is -0.594. The van der Waals surface area contributed by atoms with Crippen LogP contribution in [0.2, 0.25) is 5.02 Å². The minimum Gasteiger partial charge on any atom is -0.507 e. The summed E-state index contributed by atoms with van der Waals surface area (Å²) in [7, 11) is 0. The highest BCUT2D eigenvalue weighted by Crippen LogP contribution is 2.43. The highest BCUT2D eigenvalue weighted by Gasteiger charge is 2.35. The Balaban J connectivity index is 1.43. The number of likely N-dealkylation sites (tertiary alicyclic amines) is 1. The minimum atomic E-state index is -0.838. The molecule has 0 unspecified atom stereocenters. The number of phenolic OH excluding ortho intramolecular Hbond substituents is 1. The number of aromatic hydroxyl groups is 1. The number of hydrogen-bond acceptors (Lipinski definition) is 7. The molecule has 3 aromatic rings. The van der Waals surface area contributed by atoms with Crippen molar-refractivity contribution in [1.29, 1.82) is 0 Å². The predicted octanol–water partition coefficient (Wildman–Crippen LogP) is 5.58. The third kappa shape index (κ3) is 5.26. The summed E-state index contributed by atoms with van der Waals surface area (Å²) < 4.78 is 31.3. The van der Waals surface area contributed by atoms with E-state index in [-0.39, 0.29) is 51.6 Å². The third-order valence-corrected chi connectivity index (χ3v) is 8.98. The van der Waals surface area contributed by atoms with E-state index in [0.29, 0.717) is 30.3 Å². The molecular formula is C31H35ClF2N6O2. The molecule has 1 aliphatic carbocycles. The number of carbonyl (C=O) groups excluding carboxylic acids is 1. The molecule has 3 heterocycles. The van der Waals surface area contributed by atoms with Crippen LogP contribution in [0.1, 0.15) is 39.5 Å². The number of fused-ring (bicyclic) bond motifs is 1. The van der Waals surface area contributed by atoms with Crippen molar-refractivity contribution in [3.8, 4) is 16.9 Å². The fourth-order valence-corrected chi connectivity index (χ4v) is 6.83. The largest absolute Gasteiger partial charge is 0.507 e. The van der Waals surface area contributed by atoms with Crippen LogP contribution in [0.25, 0.3) is 22.0 Å². The van der Waals surface area contributed by atoms with Gasteiger partial charge in [0, 0.05) is 61.3 Å². The first-order valence-electron chi connectivity index (χ1n) is 14.5. The highest BCUT2D eigenvalue weighted by atomic mass is 35.5. The van der Waals surface area contributed by atoms with Gasteiger partial charge in [-0.25, -0.2) is 13.8 Å². The molecule has 2 N–H and O–H groups in total. The molecular weight excluding hydrogens is 562 g/mol. The van der Waals surface area contributed by atoms with Gasteiger partial charge in [-0.2, -0.15) is 4.98 Å². The van der Waals surface area contributed by atoms with Gasteiger partial charge in [-0.05, 0) is 63.8 Å². The maximum Gasteiger partial charge on any atom is 0.246 e. The average molecular weight is 597 g/mol. The van der Waals surface area contributed by atoms with Crippen molar-refractivity contribution < 1.29 is 18.7 Å². The van der Waals surface area contributed by atoms with Crippen LogP contribution in [-0.4, -0.2) is 81.1 Å². The number of halogens is 3. The number of benzene rings is 2. The maximum absolute atomic E-state index is 16.4. The van der Waals surface area contributed by atoms with E-state index in [1.165, 1.54) is 37.1 Å². The van der Waals surface area contributed by atoms with Gasteiger partial charge < -0.3 is 25.1 Å². The SMILES string of the molecule is C=CC(=O)N1[C@H](C)CN(c2nc(NC3CCN(C4CC4)CC3)nc3c(F)c(-c4c(O)cccc4F)c(Cl)cc23)C[C@@H]1C. The number of aromatic nitrogens is 2. The topological polar surface area (TPSA) is 84.8 Å². The smallest absolute Gasteiger partial charge is 0.246 e. The lowest BCUT2D eigenvalue weighted by atomic mass is 10.0. The molecule has 0 bridgehead atoms. The summed E-state index contributed by atoms with van der Waals surface area (Å²) in [5.74, 6) is -1.45. The Morgan fingerprint density at radius 1 is 1.10 bits per heavy atom. The zero-order chi connectivity index (χ0) is 29.7. The van der Waals surface area contributed by atoms with Crippen molar-refractivity contribution in [3.63, 3.8) is 0 Å². The van der Waals surface area contributed by atoms with Crippen LogP contribution in [0.5, 0.6) is 5.75 Å². The Bertz CT molecular complexity index is 1510. The van der Waals surface area contributed by atoms with Crippen molar-refractivity contribution >= 4 is 40.2 Å². The van der Waals surface area contributed by atoms with Crippen molar-refractivity contribution in [2.75, 3.05) is 36.4 Å². The van der Waals surface area contributed by atoms with E-state index in [0.717, 1.165) is 32.0 Å². The van der Waals surface area contributed by atoms with Gasteiger partial charge in [-0.1, -0.05) is 24.2 Å². The molecule has 2 aliphatic heterocycles. The van der Waals surface area contributed by atoms with Gasteiger partial charge in [-0.15, -0.1) is 0 Å². The van der Waals surface area contributed by atoms with Crippen LogP contribution in [0.3, 0.4) is 0 Å². The van der Waals surface area contributed by atoms with Crippen LogP contribution in [0, 0.1) is 11.6 Å². The van der Waals surface area contributed by atoms with E-state index in [4.69, 9.17) is 16.6 Å². The number of phenols is 1. The number of piperidine rings is 1. The van der Waals surface area contributed by atoms with Crippen LogP contribution in [0.15, 0.2) is 36.9 Å². The Kier molecular flexibility index (Phi) is 7.70. The monoisotopic (exact) mass is 596 g/mol. The average Bonchev–Trinajstić information content (AvgIpc) is 3.80. The van der Waals surface area contributed by atoms with E-state index in [1.54, 1.807) is 4.90 Å². The van der Waals surface area contributed by atoms with Gasteiger partial charge in [-0.3, -0.25) is 4.79 Å². The van der Waals surface area contributed by atoms with Crippen LogP contribution in [-0.2, 0) is 4.79 Å². The summed E-state index contributed by atoms with van der Waals surface area (Å²) >= 11 is 6.60. The first-order valence-corrected chi connectivity index (χ1v) is 14.9. The van der Waals surface area contributed by atoms with Gasteiger partial charge >= 0.3 is 0 Å².